The summed E-state index contributed by atoms with van der Waals surface area (Å²) in [5.41, 5.74) is 0.786. The summed E-state index contributed by atoms with van der Waals surface area (Å²) in [7, 11) is 0. The molecule has 0 radical (unpaired) electrons. The van der Waals surface area contributed by atoms with Crippen molar-refractivity contribution in [1.82, 2.24) is 0 Å². The van der Waals surface area contributed by atoms with E-state index < -0.39 is 4.92 Å². The number of hydrogen-bond donors (Lipinski definition) is 0. The quantitative estimate of drug-likeness (QED) is 0.462. The summed E-state index contributed by atoms with van der Waals surface area (Å²) in [6.45, 7) is 0. The van der Waals surface area contributed by atoms with Gasteiger partial charge in [-0.25, -0.2) is 0 Å². The number of aliphatic imine (C=N–C) groups is 1. The van der Waals surface area contributed by atoms with E-state index in [1.165, 1.54) is 12.1 Å². The number of non-ortho nitro benzene ring substituents is 1. The molecule has 0 unspecified atom stereocenters. The number of hydrogen-bond acceptors (Lipinski definition) is 4. The van der Waals surface area contributed by atoms with Crippen LogP contribution < -0.4 is 0 Å². The molecule has 2 rings (SSSR count). The van der Waals surface area contributed by atoms with Gasteiger partial charge in [-0.15, -0.1) is 11.3 Å². The molecule has 1 aromatic carbocycles. The lowest BCUT2D eigenvalue weighted by molar-refractivity contribution is -0.384. The number of nitro groups is 1. The van der Waals surface area contributed by atoms with Crippen LogP contribution in [0.3, 0.4) is 0 Å². The van der Waals surface area contributed by atoms with Gasteiger partial charge in [0.2, 0.25) is 0 Å². The monoisotopic (exact) mass is 232 g/mol. The number of thiophene rings is 1. The topological polar surface area (TPSA) is 55.5 Å². The van der Waals surface area contributed by atoms with Crippen molar-refractivity contribution in [1.29, 1.82) is 0 Å². The van der Waals surface area contributed by atoms with Gasteiger partial charge in [0.05, 0.1) is 10.6 Å². The summed E-state index contributed by atoms with van der Waals surface area (Å²) >= 11 is 1.59. The first-order valence-electron chi connectivity index (χ1n) is 4.58. The van der Waals surface area contributed by atoms with Crippen LogP contribution in [0.5, 0.6) is 0 Å². The Bertz CT molecular complexity index is 503. The Morgan fingerprint density at radius 1 is 1.25 bits per heavy atom. The van der Waals surface area contributed by atoms with Gasteiger partial charge in [0.25, 0.3) is 5.69 Å². The summed E-state index contributed by atoms with van der Waals surface area (Å²) in [5, 5.41) is 12.4. The Hall–Kier alpha value is -2.01. The second-order valence-electron chi connectivity index (χ2n) is 3.05. The molecular formula is C11H8N2O2S. The van der Waals surface area contributed by atoms with E-state index in [-0.39, 0.29) is 5.69 Å². The summed E-state index contributed by atoms with van der Waals surface area (Å²) < 4.78 is 0. The Morgan fingerprint density at radius 2 is 2.00 bits per heavy atom. The van der Waals surface area contributed by atoms with Crippen molar-refractivity contribution in [2.75, 3.05) is 0 Å². The summed E-state index contributed by atoms with van der Waals surface area (Å²) in [6.07, 6.45) is 1.74. The fraction of sp³-hybridized carbons (Fsp3) is 0. The summed E-state index contributed by atoms with van der Waals surface area (Å²) in [5.74, 6) is 0. The van der Waals surface area contributed by atoms with Gasteiger partial charge in [-0.1, -0.05) is 6.07 Å². The first kappa shape index (κ1) is 10.5. The van der Waals surface area contributed by atoms with E-state index in [0.717, 1.165) is 4.88 Å². The van der Waals surface area contributed by atoms with Gasteiger partial charge >= 0.3 is 0 Å². The molecule has 0 saturated heterocycles. The molecule has 80 valence electrons. The molecule has 4 nitrogen and oxygen atoms in total. The average Bonchev–Trinajstić information content (AvgIpc) is 2.80. The van der Waals surface area contributed by atoms with Crippen molar-refractivity contribution in [3.8, 4) is 0 Å². The van der Waals surface area contributed by atoms with Gasteiger partial charge in [-0.05, 0) is 23.6 Å². The van der Waals surface area contributed by atoms with Gasteiger partial charge in [-0.2, -0.15) is 0 Å². The lowest BCUT2D eigenvalue weighted by Gasteiger charge is -1.92. The molecule has 5 heteroatoms. The van der Waals surface area contributed by atoms with Gasteiger partial charge in [0.15, 0.2) is 0 Å². The first-order valence-corrected chi connectivity index (χ1v) is 5.46. The van der Waals surface area contributed by atoms with E-state index in [1.54, 1.807) is 29.7 Å². The van der Waals surface area contributed by atoms with Crippen LogP contribution in [0.4, 0.5) is 11.4 Å². The van der Waals surface area contributed by atoms with Crippen LogP contribution >= 0.6 is 11.3 Å². The molecule has 1 aromatic heterocycles. The first-order chi connectivity index (χ1) is 7.75. The van der Waals surface area contributed by atoms with Crippen LogP contribution in [0.1, 0.15) is 4.88 Å². The molecule has 16 heavy (non-hydrogen) atoms. The predicted molar refractivity (Wildman–Crippen MR) is 64.7 cm³/mol. The van der Waals surface area contributed by atoms with Gasteiger partial charge in [0, 0.05) is 23.2 Å². The molecule has 0 atom stereocenters. The van der Waals surface area contributed by atoms with Crippen molar-refractivity contribution in [2.24, 2.45) is 4.99 Å². The number of nitrogens with zero attached hydrogens (tertiary/aromatic N) is 2. The molecule has 1 heterocycles. The fourth-order valence-electron chi connectivity index (χ4n) is 1.16. The molecule has 0 N–H and O–H groups in total. The average molecular weight is 232 g/mol. The Morgan fingerprint density at radius 3 is 2.56 bits per heavy atom. The second kappa shape index (κ2) is 4.67. The van der Waals surface area contributed by atoms with Crippen molar-refractivity contribution in [3.05, 3.63) is 56.8 Å². The van der Waals surface area contributed by atoms with Crippen molar-refractivity contribution in [2.45, 2.75) is 0 Å². The Balaban J connectivity index is 2.14. The molecule has 0 bridgehead atoms. The smallest absolute Gasteiger partial charge is 0.258 e. The highest BCUT2D eigenvalue weighted by Gasteiger charge is 2.02. The third-order valence-corrected chi connectivity index (χ3v) is 2.75. The minimum absolute atomic E-state index is 0.0788. The van der Waals surface area contributed by atoms with Crippen LogP contribution in [-0.4, -0.2) is 11.1 Å². The molecule has 0 aliphatic rings. The predicted octanol–water partition coefficient (Wildman–Crippen LogP) is 3.41. The summed E-state index contributed by atoms with van der Waals surface area (Å²) in [6, 6.07) is 10.0. The van der Waals surface area contributed by atoms with Crippen molar-refractivity contribution in [3.63, 3.8) is 0 Å². The number of rotatable bonds is 3. The molecule has 0 saturated carbocycles. The molecule has 0 fully saturated rings. The maximum atomic E-state index is 10.4. The lowest BCUT2D eigenvalue weighted by atomic mass is 10.3. The van der Waals surface area contributed by atoms with E-state index in [9.17, 15) is 10.1 Å². The maximum Gasteiger partial charge on any atom is 0.269 e. The zero-order chi connectivity index (χ0) is 11.4. The van der Waals surface area contributed by atoms with E-state index in [1.807, 2.05) is 17.5 Å². The van der Waals surface area contributed by atoms with E-state index in [2.05, 4.69) is 4.99 Å². The SMILES string of the molecule is O=[N+]([O-])c1ccc(N=Cc2cccs2)cc1. The minimum atomic E-state index is -0.424. The Labute approximate surface area is 96.0 Å². The van der Waals surface area contributed by atoms with Crippen LogP contribution in [0, 0.1) is 10.1 Å². The zero-order valence-electron chi connectivity index (χ0n) is 8.24. The third-order valence-electron chi connectivity index (χ3n) is 1.94. The number of benzene rings is 1. The van der Waals surface area contributed by atoms with Crippen LogP contribution in [0.2, 0.25) is 0 Å². The molecule has 2 aromatic rings. The van der Waals surface area contributed by atoms with E-state index in [0.29, 0.717) is 5.69 Å². The van der Waals surface area contributed by atoms with E-state index >= 15 is 0 Å². The normalized spacial score (nSPS) is 10.8. The highest BCUT2D eigenvalue weighted by Crippen LogP contribution is 2.18. The standard InChI is InChI=1S/C11H8N2O2S/c14-13(15)10-5-3-9(4-6-10)12-8-11-2-1-7-16-11/h1-8H. The van der Waals surface area contributed by atoms with E-state index in [4.69, 9.17) is 0 Å². The molecular weight excluding hydrogens is 224 g/mol. The highest BCUT2D eigenvalue weighted by atomic mass is 32.1. The molecule has 0 aliphatic heterocycles. The highest BCUT2D eigenvalue weighted by molar-refractivity contribution is 7.11. The molecule has 0 spiro atoms. The number of nitro benzene ring substituents is 1. The zero-order valence-corrected chi connectivity index (χ0v) is 9.05. The third kappa shape index (κ3) is 2.52. The van der Waals surface area contributed by atoms with Crippen LogP contribution in [-0.2, 0) is 0 Å². The maximum absolute atomic E-state index is 10.4. The van der Waals surface area contributed by atoms with Crippen molar-refractivity contribution >= 4 is 28.9 Å². The van der Waals surface area contributed by atoms with Gasteiger partial charge in [-0.3, -0.25) is 15.1 Å². The summed E-state index contributed by atoms with van der Waals surface area (Å²) in [4.78, 5) is 15.3. The van der Waals surface area contributed by atoms with Gasteiger partial charge < -0.3 is 0 Å². The molecule has 0 amide bonds. The van der Waals surface area contributed by atoms with Crippen LogP contribution in [0.25, 0.3) is 0 Å². The minimum Gasteiger partial charge on any atom is -0.258 e. The largest absolute Gasteiger partial charge is 0.269 e. The van der Waals surface area contributed by atoms with Crippen LogP contribution in [0.15, 0.2) is 46.8 Å². The Kier molecular flexibility index (Phi) is 3.07. The van der Waals surface area contributed by atoms with Gasteiger partial charge in [0.1, 0.15) is 0 Å². The lowest BCUT2D eigenvalue weighted by Crippen LogP contribution is -1.85. The van der Waals surface area contributed by atoms with Crippen molar-refractivity contribution < 1.29 is 4.92 Å². The second-order valence-corrected chi connectivity index (χ2v) is 4.03. The molecule has 0 aliphatic carbocycles. The fourth-order valence-corrected chi connectivity index (χ4v) is 1.75.